The number of piperazine rings is 1. The zero-order valence-corrected chi connectivity index (χ0v) is 20.0. The molecule has 0 saturated carbocycles. The van der Waals surface area contributed by atoms with Crippen molar-refractivity contribution in [3.05, 3.63) is 64.3 Å². The highest BCUT2D eigenvalue weighted by Crippen LogP contribution is 2.29. The molecule has 2 aromatic heterocycles. The Morgan fingerprint density at radius 1 is 1.03 bits per heavy atom. The largest absolute Gasteiger partial charge is 0.354 e. The summed E-state index contributed by atoms with van der Waals surface area (Å²) in [5.41, 5.74) is 10.0. The van der Waals surface area contributed by atoms with Crippen LogP contribution in [-0.2, 0) is 19.8 Å². The van der Waals surface area contributed by atoms with Gasteiger partial charge in [0.1, 0.15) is 11.5 Å². The van der Waals surface area contributed by atoms with Crippen LogP contribution in [-0.4, -0.2) is 58.2 Å². The van der Waals surface area contributed by atoms with Crippen molar-refractivity contribution < 1.29 is 0 Å². The summed E-state index contributed by atoms with van der Waals surface area (Å²) in [5, 5.41) is 6.63. The third kappa shape index (κ3) is 3.74. The highest BCUT2D eigenvalue weighted by Gasteiger charge is 2.33. The lowest BCUT2D eigenvalue weighted by molar-refractivity contribution is 0.312. The summed E-state index contributed by atoms with van der Waals surface area (Å²) < 4.78 is 3.26. The summed E-state index contributed by atoms with van der Waals surface area (Å²) in [6.45, 7) is 5.96. The summed E-state index contributed by atoms with van der Waals surface area (Å²) in [7, 11) is 5.68. The van der Waals surface area contributed by atoms with Crippen LogP contribution >= 0.6 is 0 Å². The molecule has 0 spiro atoms. The van der Waals surface area contributed by atoms with Crippen molar-refractivity contribution in [3.8, 4) is 0 Å². The van der Waals surface area contributed by atoms with Crippen LogP contribution in [0.25, 0.3) is 11.0 Å². The third-order valence-corrected chi connectivity index (χ3v) is 6.89. The maximum Gasteiger partial charge on any atom is 0.328 e. The number of nitrogens with zero attached hydrogens (tertiary/aromatic N) is 6. The lowest BCUT2D eigenvalue weighted by atomic mass is 9.92. The van der Waals surface area contributed by atoms with E-state index in [0.29, 0.717) is 5.96 Å². The Morgan fingerprint density at radius 2 is 1.76 bits per heavy atom. The monoisotopic (exact) mass is 461 g/mol. The molecular weight excluding hydrogens is 430 g/mol. The molecule has 2 aliphatic heterocycles. The second kappa shape index (κ2) is 8.30. The summed E-state index contributed by atoms with van der Waals surface area (Å²) >= 11 is 0. The number of rotatable bonds is 3. The fourth-order valence-corrected chi connectivity index (χ4v) is 4.52. The predicted octanol–water partition coefficient (Wildman–Crippen LogP) is 1.11. The number of fused-ring (bicyclic) bond motifs is 1. The molecule has 10 nitrogen and oxygen atoms in total. The number of benzene rings is 1. The van der Waals surface area contributed by atoms with Gasteiger partial charge < -0.3 is 26.2 Å². The van der Waals surface area contributed by atoms with Crippen LogP contribution < -0.4 is 27.0 Å². The number of aliphatic imine (C=N–C) groups is 1. The molecule has 1 saturated heterocycles. The Balaban J connectivity index is 1.36. The predicted molar refractivity (Wildman–Crippen MR) is 136 cm³/mol. The molecule has 3 aromatic rings. The fraction of sp³-hybridized carbons (Fsp3) is 0.375. The Morgan fingerprint density at radius 3 is 2.47 bits per heavy atom. The van der Waals surface area contributed by atoms with Crippen LogP contribution in [0.15, 0.2) is 58.1 Å². The molecule has 0 amide bonds. The molecule has 5 rings (SSSR count). The summed E-state index contributed by atoms with van der Waals surface area (Å²) in [6, 6.07) is 9.85. The Bertz CT molecular complexity index is 1340. The van der Waals surface area contributed by atoms with Crippen LogP contribution in [0.4, 0.5) is 11.5 Å². The van der Waals surface area contributed by atoms with Gasteiger partial charge in [0.25, 0.3) is 0 Å². The maximum atomic E-state index is 12.3. The minimum Gasteiger partial charge on any atom is -0.354 e. The Kier molecular flexibility index (Phi) is 5.41. The Hall–Kier alpha value is -3.63. The smallest absolute Gasteiger partial charge is 0.328 e. The first-order chi connectivity index (χ1) is 16.3. The number of nitrogens with two attached hydrogens (primary N) is 1. The number of hydrogen-bond donors (Lipinski definition) is 3. The van der Waals surface area contributed by atoms with Crippen molar-refractivity contribution in [2.45, 2.75) is 12.6 Å². The van der Waals surface area contributed by atoms with Gasteiger partial charge in [0.05, 0.1) is 22.9 Å². The molecule has 4 N–H and O–H groups in total. The minimum atomic E-state index is -0.975. The molecule has 34 heavy (non-hydrogen) atoms. The molecule has 1 atom stereocenters. The van der Waals surface area contributed by atoms with E-state index in [1.165, 1.54) is 0 Å². The summed E-state index contributed by atoms with van der Waals surface area (Å²) in [6.07, 6.45) is 3.58. The van der Waals surface area contributed by atoms with Gasteiger partial charge in [-0.3, -0.25) is 9.13 Å². The highest BCUT2D eigenvalue weighted by molar-refractivity contribution is 5.95. The number of anilines is 2. The van der Waals surface area contributed by atoms with Crippen LogP contribution in [0.2, 0.25) is 0 Å². The van der Waals surface area contributed by atoms with E-state index < -0.39 is 5.66 Å². The van der Waals surface area contributed by atoms with Crippen molar-refractivity contribution in [3.63, 3.8) is 0 Å². The number of imidazole rings is 1. The lowest BCUT2D eigenvalue weighted by Crippen LogP contribution is -2.57. The summed E-state index contributed by atoms with van der Waals surface area (Å²) in [5.74, 6) is 1.51. The highest BCUT2D eigenvalue weighted by atomic mass is 16.1. The lowest BCUT2D eigenvalue weighted by Gasteiger charge is -2.36. The zero-order chi connectivity index (χ0) is 24.0. The van der Waals surface area contributed by atoms with Gasteiger partial charge in [-0.15, -0.1) is 0 Å². The van der Waals surface area contributed by atoms with Gasteiger partial charge >= 0.3 is 5.69 Å². The molecule has 1 aromatic carbocycles. The van der Waals surface area contributed by atoms with Gasteiger partial charge in [0, 0.05) is 46.5 Å². The van der Waals surface area contributed by atoms with E-state index in [0.717, 1.165) is 59.9 Å². The number of guanidine groups is 1. The molecular formula is C24H31N9O. The molecule has 1 unspecified atom stereocenters. The van der Waals surface area contributed by atoms with Gasteiger partial charge in [-0.05, 0) is 49.4 Å². The van der Waals surface area contributed by atoms with Crippen LogP contribution in [0, 0.1) is 0 Å². The normalized spacial score (nSPS) is 21.3. The molecule has 0 bridgehead atoms. The first-order valence-electron chi connectivity index (χ1n) is 11.4. The first-order valence-corrected chi connectivity index (χ1v) is 11.4. The molecule has 10 heteroatoms. The van der Waals surface area contributed by atoms with Gasteiger partial charge in [-0.2, -0.15) is 0 Å². The number of nitrogens with one attached hydrogen (secondary N) is 2. The Labute approximate surface area is 198 Å². The standard InChI is InChI=1S/C24H31N9O/c1-16-14-27-22(28-18-6-8-21(26-15-18)33-11-9-30(2)10-12-33)29-24(16,25)17-5-7-19-20(13-17)32(4)23(34)31(19)3/h5-8,13-15H,9-12,25H2,1-4H3,(H2,27,28,29). The number of aryl methyl sites for hydroxylation is 2. The third-order valence-electron chi connectivity index (χ3n) is 6.89. The van der Waals surface area contributed by atoms with E-state index in [9.17, 15) is 4.79 Å². The summed E-state index contributed by atoms with van der Waals surface area (Å²) in [4.78, 5) is 26.1. The van der Waals surface area contributed by atoms with Crippen molar-refractivity contribution in [1.82, 2.24) is 24.3 Å². The maximum absolute atomic E-state index is 12.3. The second-order valence-corrected chi connectivity index (χ2v) is 9.15. The minimum absolute atomic E-state index is 0.0708. The first kappa shape index (κ1) is 22.2. The average molecular weight is 462 g/mol. The number of aromatic nitrogens is 3. The van der Waals surface area contributed by atoms with E-state index in [4.69, 9.17) is 5.73 Å². The van der Waals surface area contributed by atoms with E-state index in [2.05, 4.69) is 37.5 Å². The SMILES string of the molecule is CC1=CN=C(Nc2ccc(N3CCN(C)CC3)nc2)NC1(N)c1ccc2c(c1)n(C)c(=O)n2C. The molecule has 0 radical (unpaired) electrons. The average Bonchev–Trinajstić information content (AvgIpc) is 3.06. The van der Waals surface area contributed by atoms with E-state index in [-0.39, 0.29) is 5.69 Å². The van der Waals surface area contributed by atoms with Gasteiger partial charge in [0.2, 0.25) is 5.96 Å². The van der Waals surface area contributed by atoms with Crippen LogP contribution in [0.1, 0.15) is 12.5 Å². The molecule has 4 heterocycles. The second-order valence-electron chi connectivity index (χ2n) is 9.15. The van der Waals surface area contributed by atoms with Gasteiger partial charge in [-0.25, -0.2) is 14.8 Å². The number of pyridine rings is 1. The molecule has 2 aliphatic rings. The number of hydrogen-bond acceptors (Lipinski definition) is 8. The van der Waals surface area contributed by atoms with Crippen LogP contribution in [0.5, 0.6) is 0 Å². The van der Waals surface area contributed by atoms with E-state index >= 15 is 0 Å². The topological polar surface area (TPSA) is 109 Å². The fourth-order valence-electron chi connectivity index (χ4n) is 4.52. The number of likely N-dealkylation sites (N-methyl/N-ethyl adjacent to an activating group) is 1. The molecule has 0 aliphatic carbocycles. The molecule has 178 valence electrons. The van der Waals surface area contributed by atoms with Crippen molar-refractivity contribution in [2.24, 2.45) is 24.8 Å². The van der Waals surface area contributed by atoms with E-state index in [1.54, 1.807) is 29.4 Å². The van der Waals surface area contributed by atoms with Crippen molar-refractivity contribution in [1.29, 1.82) is 0 Å². The van der Waals surface area contributed by atoms with Gasteiger partial charge in [-0.1, -0.05) is 6.07 Å². The van der Waals surface area contributed by atoms with Crippen molar-refractivity contribution in [2.75, 3.05) is 43.4 Å². The van der Waals surface area contributed by atoms with E-state index in [1.807, 2.05) is 43.5 Å². The zero-order valence-electron chi connectivity index (χ0n) is 20.0. The quantitative estimate of drug-likeness (QED) is 0.536. The van der Waals surface area contributed by atoms with Crippen molar-refractivity contribution >= 4 is 28.5 Å². The van der Waals surface area contributed by atoms with Gasteiger partial charge in [0.15, 0.2) is 0 Å². The van der Waals surface area contributed by atoms with Crippen LogP contribution in [0.3, 0.4) is 0 Å². The molecule has 1 fully saturated rings.